The molecule has 0 saturated carbocycles. The van der Waals surface area contributed by atoms with Crippen molar-refractivity contribution in [1.82, 2.24) is 4.57 Å². The van der Waals surface area contributed by atoms with Crippen molar-refractivity contribution in [2.24, 2.45) is 0 Å². The molecule has 1 aliphatic carbocycles. The topological polar surface area (TPSA) is 37.7 Å². The van der Waals surface area contributed by atoms with E-state index in [4.69, 9.17) is 8.83 Å². The van der Waals surface area contributed by atoms with Gasteiger partial charge < -0.3 is 23.2 Å². The van der Waals surface area contributed by atoms with E-state index in [2.05, 4.69) is 292 Å². The van der Waals surface area contributed by atoms with Gasteiger partial charge in [-0.05, 0) is 179 Å². The van der Waals surface area contributed by atoms with Crippen molar-refractivity contribution >= 4 is 121 Å². The molecule has 0 atom stereocenters. The number of para-hydroxylation sites is 5. The first kappa shape index (κ1) is 48.9. The molecule has 5 heteroatoms. The smallest absolute Gasteiger partial charge is 0.159 e. The van der Waals surface area contributed by atoms with Crippen LogP contribution < -0.4 is 9.80 Å². The number of nitrogens with zero attached hydrogens (tertiary/aromatic N) is 3. The quantitative estimate of drug-likeness (QED) is 0.166. The molecule has 5 nitrogen and oxygen atoms in total. The maximum absolute atomic E-state index is 7.19. The van der Waals surface area contributed by atoms with E-state index in [-0.39, 0.29) is 0 Å². The van der Waals surface area contributed by atoms with Crippen LogP contribution in [-0.4, -0.2) is 4.57 Å². The first-order valence-corrected chi connectivity index (χ1v) is 30.0. The van der Waals surface area contributed by atoms with Gasteiger partial charge in [-0.25, -0.2) is 0 Å². The van der Waals surface area contributed by atoms with Crippen LogP contribution in [0, 0.1) is 41.5 Å². The molecule has 18 rings (SSSR count). The van der Waals surface area contributed by atoms with E-state index in [9.17, 15) is 0 Å². The monoisotopic (exact) mass is 1100 g/mol. The Hall–Kier alpha value is -10.6. The summed E-state index contributed by atoms with van der Waals surface area (Å²) in [5.41, 5.74) is 27.1. The minimum atomic E-state index is -0.770. The number of fused-ring (bicyclic) bond motifs is 22. The minimum absolute atomic E-state index is 0.770. The molecular formula is C81H57N3O2. The molecule has 16 aromatic rings. The molecular weight excluding hydrogens is 1050 g/mol. The summed E-state index contributed by atoms with van der Waals surface area (Å²) in [4.78, 5) is 4.93. The van der Waals surface area contributed by atoms with E-state index in [1.54, 1.807) is 0 Å². The van der Waals surface area contributed by atoms with Gasteiger partial charge in [-0.1, -0.05) is 187 Å². The lowest BCUT2D eigenvalue weighted by molar-refractivity contribution is 0.665. The Morgan fingerprint density at radius 3 is 1.37 bits per heavy atom. The number of hydrogen-bond donors (Lipinski definition) is 0. The maximum atomic E-state index is 7.19. The predicted octanol–water partition coefficient (Wildman–Crippen LogP) is 22.4. The number of benzene rings is 13. The molecule has 13 aromatic carbocycles. The second kappa shape index (κ2) is 17.7. The summed E-state index contributed by atoms with van der Waals surface area (Å²) in [6.07, 6.45) is 0. The third-order valence-corrected chi connectivity index (χ3v) is 19.3. The Morgan fingerprint density at radius 2 is 0.802 bits per heavy atom. The highest BCUT2D eigenvalue weighted by atomic mass is 16.3. The highest BCUT2D eigenvalue weighted by Gasteiger charge is 2.52. The van der Waals surface area contributed by atoms with Crippen LogP contribution in [0.3, 0.4) is 0 Å². The molecule has 1 aliphatic heterocycles. The molecule has 0 bridgehead atoms. The van der Waals surface area contributed by atoms with E-state index < -0.39 is 5.41 Å². The van der Waals surface area contributed by atoms with Crippen LogP contribution in [0.25, 0.3) is 104 Å². The fourth-order valence-electron chi connectivity index (χ4n) is 15.7. The van der Waals surface area contributed by atoms with Crippen LogP contribution in [-0.2, 0) is 5.41 Å². The van der Waals surface area contributed by atoms with Crippen LogP contribution in [0.4, 0.5) is 34.1 Å². The lowest BCUT2D eigenvalue weighted by Crippen LogP contribution is -2.33. The van der Waals surface area contributed by atoms with Crippen molar-refractivity contribution in [2.75, 3.05) is 9.80 Å². The zero-order valence-corrected chi connectivity index (χ0v) is 48.7. The van der Waals surface area contributed by atoms with Crippen molar-refractivity contribution in [3.05, 3.63) is 292 Å². The van der Waals surface area contributed by atoms with E-state index in [0.717, 1.165) is 105 Å². The maximum Gasteiger partial charge on any atom is 0.159 e. The second-order valence-corrected chi connectivity index (χ2v) is 24.3. The summed E-state index contributed by atoms with van der Waals surface area (Å²) in [6, 6.07) is 89.0. The molecule has 3 aromatic heterocycles. The zero-order valence-electron chi connectivity index (χ0n) is 48.7. The summed E-state index contributed by atoms with van der Waals surface area (Å²) < 4.78 is 16.8. The summed E-state index contributed by atoms with van der Waals surface area (Å²) in [7, 11) is 0. The van der Waals surface area contributed by atoms with E-state index in [0.29, 0.717) is 0 Å². The van der Waals surface area contributed by atoms with Gasteiger partial charge in [0.25, 0.3) is 0 Å². The van der Waals surface area contributed by atoms with Gasteiger partial charge in [-0.2, -0.15) is 0 Å². The average molecular weight is 1100 g/mol. The van der Waals surface area contributed by atoms with E-state index >= 15 is 0 Å². The van der Waals surface area contributed by atoms with Gasteiger partial charge in [0.1, 0.15) is 11.2 Å². The van der Waals surface area contributed by atoms with Crippen molar-refractivity contribution < 1.29 is 8.83 Å². The molecule has 0 amide bonds. The predicted molar refractivity (Wildman–Crippen MR) is 359 cm³/mol. The van der Waals surface area contributed by atoms with E-state index in [1.165, 1.54) is 88.4 Å². The molecule has 4 heterocycles. The second-order valence-electron chi connectivity index (χ2n) is 24.3. The van der Waals surface area contributed by atoms with Crippen LogP contribution in [0.2, 0.25) is 0 Å². The van der Waals surface area contributed by atoms with Gasteiger partial charge in [-0.15, -0.1) is 0 Å². The Bertz CT molecular complexity index is 5570. The number of aryl methyl sites for hydroxylation is 6. The Labute approximate surface area is 497 Å². The molecule has 1 spiro atoms. The minimum Gasteiger partial charge on any atom is -0.454 e. The van der Waals surface area contributed by atoms with Crippen molar-refractivity contribution in [1.29, 1.82) is 0 Å². The number of anilines is 6. The molecule has 0 unspecified atom stereocenters. The number of rotatable bonds is 6. The zero-order chi connectivity index (χ0) is 57.4. The Morgan fingerprint density at radius 1 is 0.314 bits per heavy atom. The number of aromatic nitrogens is 1. The fraction of sp³-hybridized carbons (Fsp3) is 0.0864. The molecule has 86 heavy (non-hydrogen) atoms. The van der Waals surface area contributed by atoms with Gasteiger partial charge >= 0.3 is 0 Å². The van der Waals surface area contributed by atoms with Gasteiger partial charge in [-0.3, -0.25) is 0 Å². The fourth-order valence-corrected chi connectivity index (χ4v) is 15.7. The highest BCUT2D eigenvalue weighted by molar-refractivity contribution is 6.20. The van der Waals surface area contributed by atoms with Gasteiger partial charge in [0.2, 0.25) is 0 Å². The lowest BCUT2D eigenvalue weighted by atomic mass is 9.65. The Balaban J connectivity index is 1.02. The van der Waals surface area contributed by atoms with Crippen LogP contribution in [0.1, 0.15) is 55.6 Å². The molecule has 0 radical (unpaired) electrons. The van der Waals surface area contributed by atoms with Gasteiger partial charge in [0.15, 0.2) is 11.2 Å². The molecule has 408 valence electrons. The SMILES string of the molecule is Cc1ccc(N(c2ccc3c(c2)c2cc(N(c4ccc(C)cc4C)c4cccc5c4oc4c(C)cccc45)cc4c2n3-c2ccccc2C42c3ccc4ccccc4c3-c3c2ccc2ccccc32)c2cccc3c2oc2c(C)cccc23)c(C)c1. The third-order valence-electron chi connectivity index (χ3n) is 19.3. The lowest BCUT2D eigenvalue weighted by Gasteiger charge is -2.40. The van der Waals surface area contributed by atoms with Gasteiger partial charge in [0.05, 0.1) is 33.5 Å². The van der Waals surface area contributed by atoms with Crippen molar-refractivity contribution in [3.63, 3.8) is 0 Å². The first-order chi connectivity index (χ1) is 42.1. The van der Waals surface area contributed by atoms with Crippen LogP contribution in [0.15, 0.2) is 245 Å². The van der Waals surface area contributed by atoms with Gasteiger partial charge in [0, 0.05) is 55.1 Å². The summed E-state index contributed by atoms with van der Waals surface area (Å²) >= 11 is 0. The summed E-state index contributed by atoms with van der Waals surface area (Å²) in [5, 5.41) is 11.7. The largest absolute Gasteiger partial charge is 0.454 e. The number of hydrogen-bond acceptors (Lipinski definition) is 4. The Kier molecular flexibility index (Phi) is 10.1. The highest BCUT2D eigenvalue weighted by Crippen LogP contribution is 2.64. The van der Waals surface area contributed by atoms with Crippen molar-refractivity contribution in [3.8, 4) is 16.8 Å². The first-order valence-electron chi connectivity index (χ1n) is 30.0. The molecule has 0 fully saturated rings. The van der Waals surface area contributed by atoms with Crippen molar-refractivity contribution in [2.45, 2.75) is 47.0 Å². The average Bonchev–Trinajstić information content (AvgIpc) is 1.46. The number of furan rings is 2. The molecule has 0 N–H and O–H groups in total. The molecule has 2 aliphatic rings. The third kappa shape index (κ3) is 6.49. The van der Waals surface area contributed by atoms with E-state index in [1.807, 2.05) is 0 Å². The standard InChI is InChI=1S/C81H57N3O2/c1-46-31-38-68(50(5)41-46)82(72-29-15-25-60-58-23-13-17-48(3)77(58)85-79(60)72)54-35-40-70-62(43-54)63-44-55(83(69-39-32-47(2)42-51(69)6)73-30-16-26-61-59-24-14-18-49(4)78(59)86-80(61)73)45-67-76(63)84(70)71-28-12-11-27-64(71)81(67)65-36-33-52-19-7-9-21-56(52)74(65)75-57-22-10-8-20-53(57)34-37-66(75)81/h7-45H,1-6H3. The normalized spacial score (nSPS) is 13.1. The van der Waals surface area contributed by atoms with Crippen LogP contribution >= 0.6 is 0 Å². The summed E-state index contributed by atoms with van der Waals surface area (Å²) in [6.45, 7) is 13.1. The van der Waals surface area contributed by atoms with Crippen LogP contribution in [0.5, 0.6) is 0 Å². The molecule has 0 saturated heterocycles. The summed E-state index contributed by atoms with van der Waals surface area (Å²) in [5.74, 6) is 0.